The van der Waals surface area contributed by atoms with E-state index in [0.29, 0.717) is 5.56 Å². The molecule has 0 unspecified atom stereocenters. The van der Waals surface area contributed by atoms with E-state index in [4.69, 9.17) is 10.1 Å². The van der Waals surface area contributed by atoms with E-state index in [1.807, 2.05) is 0 Å². The lowest BCUT2D eigenvalue weighted by atomic mass is 10.1. The molecule has 9 nitrogen and oxygen atoms in total. The Kier molecular flexibility index (Phi) is 5.59. The summed E-state index contributed by atoms with van der Waals surface area (Å²) in [7, 11) is 0. The van der Waals surface area contributed by atoms with Crippen molar-refractivity contribution < 1.29 is 19.2 Å². The van der Waals surface area contributed by atoms with E-state index in [1.54, 1.807) is 37.3 Å². The van der Waals surface area contributed by atoms with Crippen molar-refractivity contribution in [2.24, 2.45) is 0 Å². The van der Waals surface area contributed by atoms with E-state index in [-0.39, 0.29) is 34.7 Å². The van der Waals surface area contributed by atoms with Crippen LogP contribution in [0.1, 0.15) is 33.3 Å². The molecule has 29 heavy (non-hydrogen) atoms. The summed E-state index contributed by atoms with van der Waals surface area (Å²) in [4.78, 5) is 35.5. The molecule has 3 rings (SSSR count). The van der Waals surface area contributed by atoms with Crippen molar-refractivity contribution in [3.8, 4) is 5.69 Å². The molecule has 1 N–H and O–H groups in total. The fourth-order valence-electron chi connectivity index (χ4n) is 2.62. The number of nitrogens with zero attached hydrogens (tertiary/aromatic N) is 3. The van der Waals surface area contributed by atoms with E-state index in [1.165, 1.54) is 30.3 Å². The fraction of sp³-hybridized carbons (Fsp3) is 0.100. The van der Waals surface area contributed by atoms with Gasteiger partial charge in [0.2, 0.25) is 5.78 Å². The molecule has 3 aromatic rings. The molecule has 2 aromatic carbocycles. The maximum atomic E-state index is 12.8. The van der Waals surface area contributed by atoms with E-state index >= 15 is 0 Å². The third-order valence-electron chi connectivity index (χ3n) is 4.02. The van der Waals surface area contributed by atoms with Crippen LogP contribution >= 0.6 is 0 Å². The standard InChI is InChI=1S/C20H16N4O5/c1-2-29-20(26)16-12-17(18(25)13-6-4-3-5-7-13)22-23(19(16)21)14-8-10-15(11-9-14)24(27)28/h3-12,21H,2H2,1H3. The minimum atomic E-state index is -0.766. The highest BCUT2D eigenvalue weighted by Crippen LogP contribution is 2.15. The number of esters is 1. The number of nitro groups is 1. The van der Waals surface area contributed by atoms with Gasteiger partial charge in [-0.2, -0.15) is 5.10 Å². The summed E-state index contributed by atoms with van der Waals surface area (Å²) in [6.45, 7) is 1.73. The van der Waals surface area contributed by atoms with Crippen LogP contribution in [-0.2, 0) is 4.74 Å². The average Bonchev–Trinajstić information content (AvgIpc) is 2.74. The molecule has 0 aliphatic rings. The predicted octanol–water partition coefficient (Wildman–Crippen LogP) is 2.67. The van der Waals surface area contributed by atoms with Gasteiger partial charge < -0.3 is 4.74 Å². The Morgan fingerprint density at radius 3 is 2.38 bits per heavy atom. The molecule has 0 spiro atoms. The number of hydrogen-bond acceptors (Lipinski definition) is 7. The van der Waals surface area contributed by atoms with Crippen LogP contribution in [0.15, 0.2) is 60.7 Å². The van der Waals surface area contributed by atoms with Crippen LogP contribution in [0.5, 0.6) is 0 Å². The Bertz CT molecular complexity index is 1140. The van der Waals surface area contributed by atoms with Gasteiger partial charge in [0.15, 0.2) is 5.49 Å². The lowest BCUT2D eigenvalue weighted by molar-refractivity contribution is -0.384. The van der Waals surface area contributed by atoms with Crippen molar-refractivity contribution in [3.05, 3.63) is 93.1 Å². The molecular weight excluding hydrogens is 376 g/mol. The third-order valence-corrected chi connectivity index (χ3v) is 4.02. The second-order valence-electron chi connectivity index (χ2n) is 5.89. The van der Waals surface area contributed by atoms with Gasteiger partial charge in [-0.3, -0.25) is 20.3 Å². The number of carbonyl (C=O) groups is 2. The molecule has 0 radical (unpaired) electrons. The summed E-state index contributed by atoms with van der Waals surface area (Å²) in [6.07, 6.45) is 0. The minimum Gasteiger partial charge on any atom is -0.462 e. The van der Waals surface area contributed by atoms with Gasteiger partial charge in [-0.15, -0.1) is 0 Å². The molecule has 0 amide bonds. The molecule has 1 heterocycles. The topological polar surface area (TPSA) is 128 Å². The number of ether oxygens (including phenoxy) is 1. The number of nitro benzene ring substituents is 1. The van der Waals surface area contributed by atoms with E-state index in [0.717, 1.165) is 4.68 Å². The smallest absolute Gasteiger partial charge is 0.342 e. The van der Waals surface area contributed by atoms with Crippen molar-refractivity contribution in [2.45, 2.75) is 6.92 Å². The third kappa shape index (κ3) is 4.08. The first kappa shape index (κ1) is 19.6. The zero-order chi connectivity index (χ0) is 21.0. The molecular formula is C20H16N4O5. The number of nitrogens with one attached hydrogen (secondary N) is 1. The van der Waals surface area contributed by atoms with E-state index < -0.39 is 16.7 Å². The molecule has 1 aromatic heterocycles. The highest BCUT2D eigenvalue weighted by molar-refractivity contribution is 6.08. The number of aromatic nitrogens is 2. The van der Waals surface area contributed by atoms with Gasteiger partial charge in [-0.1, -0.05) is 30.3 Å². The molecule has 0 atom stereocenters. The summed E-state index contributed by atoms with van der Waals surface area (Å²) in [5, 5.41) is 23.4. The van der Waals surface area contributed by atoms with Gasteiger partial charge in [0.25, 0.3) is 5.69 Å². The minimum absolute atomic E-state index is 0.0615. The molecule has 0 bridgehead atoms. The van der Waals surface area contributed by atoms with Crippen LogP contribution < -0.4 is 5.49 Å². The first-order chi connectivity index (χ1) is 13.9. The number of carbonyl (C=O) groups excluding carboxylic acids is 2. The van der Waals surface area contributed by atoms with Crippen LogP contribution in [0.3, 0.4) is 0 Å². The molecule has 0 saturated carbocycles. The van der Waals surface area contributed by atoms with E-state index in [2.05, 4.69) is 5.10 Å². The first-order valence-corrected chi connectivity index (χ1v) is 8.63. The number of rotatable bonds is 6. The fourth-order valence-corrected chi connectivity index (χ4v) is 2.62. The Morgan fingerprint density at radius 1 is 1.14 bits per heavy atom. The van der Waals surface area contributed by atoms with Crippen molar-refractivity contribution >= 4 is 17.4 Å². The molecule has 0 fully saturated rings. The number of hydrogen-bond donors (Lipinski definition) is 1. The van der Waals surface area contributed by atoms with Crippen molar-refractivity contribution in [3.63, 3.8) is 0 Å². The maximum absolute atomic E-state index is 12.8. The zero-order valence-electron chi connectivity index (χ0n) is 15.4. The summed E-state index contributed by atoms with van der Waals surface area (Å²) in [5.74, 6) is -1.20. The summed E-state index contributed by atoms with van der Waals surface area (Å²) in [6, 6.07) is 14.9. The van der Waals surface area contributed by atoms with Crippen molar-refractivity contribution in [1.29, 1.82) is 5.41 Å². The average molecular weight is 392 g/mol. The highest BCUT2D eigenvalue weighted by atomic mass is 16.6. The second kappa shape index (κ2) is 8.26. The molecule has 146 valence electrons. The van der Waals surface area contributed by atoms with Crippen molar-refractivity contribution in [1.82, 2.24) is 9.78 Å². The monoisotopic (exact) mass is 392 g/mol. The lowest BCUT2D eigenvalue weighted by Gasteiger charge is -2.11. The second-order valence-corrected chi connectivity index (χ2v) is 5.89. The normalized spacial score (nSPS) is 10.4. The van der Waals surface area contributed by atoms with Gasteiger partial charge in [-0.25, -0.2) is 9.48 Å². The number of non-ortho nitro benzene ring substituents is 1. The largest absolute Gasteiger partial charge is 0.462 e. The molecule has 0 aliphatic carbocycles. The lowest BCUT2D eigenvalue weighted by Crippen LogP contribution is -2.30. The Balaban J connectivity index is 2.17. The summed E-state index contributed by atoms with van der Waals surface area (Å²) >= 11 is 0. The Labute approximate surface area is 164 Å². The van der Waals surface area contributed by atoms with Crippen LogP contribution in [0, 0.1) is 15.5 Å². The Hall–Kier alpha value is -4.14. The van der Waals surface area contributed by atoms with Gasteiger partial charge in [0.1, 0.15) is 11.3 Å². The number of benzene rings is 2. The predicted molar refractivity (Wildman–Crippen MR) is 102 cm³/mol. The van der Waals surface area contributed by atoms with Crippen LogP contribution in [0.4, 0.5) is 5.69 Å². The highest BCUT2D eigenvalue weighted by Gasteiger charge is 2.20. The van der Waals surface area contributed by atoms with Crippen LogP contribution in [-0.4, -0.2) is 33.1 Å². The SMILES string of the molecule is CCOC(=O)c1cc(C(=O)c2ccccc2)nn(-c2ccc([N+](=O)[O-])cc2)c1=N. The number of ketones is 1. The first-order valence-electron chi connectivity index (χ1n) is 8.63. The maximum Gasteiger partial charge on any atom is 0.342 e. The van der Waals surface area contributed by atoms with Crippen LogP contribution in [0.2, 0.25) is 0 Å². The van der Waals surface area contributed by atoms with Gasteiger partial charge in [0.05, 0.1) is 17.2 Å². The molecule has 0 saturated heterocycles. The summed E-state index contributed by atoms with van der Waals surface area (Å²) in [5.41, 5.74) is 0.00895. The van der Waals surface area contributed by atoms with Crippen LogP contribution in [0.25, 0.3) is 5.69 Å². The molecule has 0 aliphatic heterocycles. The van der Waals surface area contributed by atoms with Gasteiger partial charge >= 0.3 is 5.97 Å². The molecule has 9 heteroatoms. The quantitative estimate of drug-likeness (QED) is 0.297. The van der Waals surface area contributed by atoms with Gasteiger partial charge in [0, 0.05) is 17.7 Å². The zero-order valence-corrected chi connectivity index (χ0v) is 15.4. The summed E-state index contributed by atoms with van der Waals surface area (Å²) < 4.78 is 6.07. The van der Waals surface area contributed by atoms with E-state index in [9.17, 15) is 19.7 Å². The van der Waals surface area contributed by atoms with Crippen molar-refractivity contribution in [2.75, 3.05) is 6.61 Å². The van der Waals surface area contributed by atoms with Gasteiger partial charge in [-0.05, 0) is 25.1 Å². The Morgan fingerprint density at radius 2 is 1.79 bits per heavy atom.